The SMILES string of the molecule is CNCCCNC(=O)C1CC1c1ccc(Cl)cc1Cl.Cl. The standard InChI is InChI=1S/C14H18Cl2N2O.ClH/c1-17-5-2-6-18-14(19)12-8-11(12)10-4-3-9(15)7-13(10)16;/h3-4,7,11-12,17H,2,5-6,8H2,1H3,(H,18,19);1H. The number of hydrogen-bond acceptors (Lipinski definition) is 2. The minimum absolute atomic E-state index is 0. The molecule has 2 rings (SSSR count). The van der Waals surface area contributed by atoms with Gasteiger partial charge in [0.2, 0.25) is 5.91 Å². The Morgan fingerprint density at radius 3 is 2.75 bits per heavy atom. The van der Waals surface area contributed by atoms with Crippen LogP contribution in [-0.2, 0) is 4.79 Å². The van der Waals surface area contributed by atoms with Gasteiger partial charge in [0.1, 0.15) is 0 Å². The fraction of sp³-hybridized carbons (Fsp3) is 0.500. The van der Waals surface area contributed by atoms with E-state index in [9.17, 15) is 4.79 Å². The van der Waals surface area contributed by atoms with Gasteiger partial charge in [-0.2, -0.15) is 0 Å². The molecule has 0 heterocycles. The summed E-state index contributed by atoms with van der Waals surface area (Å²) in [5, 5.41) is 7.30. The highest BCUT2D eigenvalue weighted by Gasteiger charge is 2.44. The summed E-state index contributed by atoms with van der Waals surface area (Å²) in [5.74, 6) is 0.439. The predicted octanol–water partition coefficient (Wildman–Crippen LogP) is 3.24. The van der Waals surface area contributed by atoms with Gasteiger partial charge in [-0.25, -0.2) is 0 Å². The van der Waals surface area contributed by atoms with Crippen LogP contribution in [0.5, 0.6) is 0 Å². The van der Waals surface area contributed by atoms with Crippen molar-refractivity contribution in [2.45, 2.75) is 18.8 Å². The van der Waals surface area contributed by atoms with Gasteiger partial charge in [-0.3, -0.25) is 4.79 Å². The first-order valence-electron chi connectivity index (χ1n) is 6.50. The summed E-state index contributed by atoms with van der Waals surface area (Å²) in [5.41, 5.74) is 1.03. The van der Waals surface area contributed by atoms with Gasteiger partial charge in [-0.1, -0.05) is 29.3 Å². The maximum Gasteiger partial charge on any atom is 0.223 e. The van der Waals surface area contributed by atoms with Gasteiger partial charge >= 0.3 is 0 Å². The lowest BCUT2D eigenvalue weighted by molar-refractivity contribution is -0.122. The summed E-state index contributed by atoms with van der Waals surface area (Å²) >= 11 is 12.0. The molecule has 1 aliphatic carbocycles. The Hall–Kier alpha value is -0.480. The normalized spacial score (nSPS) is 20.1. The molecular weight excluding hydrogens is 319 g/mol. The van der Waals surface area contributed by atoms with Crippen molar-refractivity contribution in [1.29, 1.82) is 0 Å². The number of amides is 1. The lowest BCUT2D eigenvalue weighted by atomic mass is 10.1. The third kappa shape index (κ3) is 4.52. The summed E-state index contributed by atoms with van der Waals surface area (Å²) in [7, 11) is 1.90. The monoisotopic (exact) mass is 336 g/mol. The van der Waals surface area contributed by atoms with E-state index in [-0.39, 0.29) is 30.2 Å². The largest absolute Gasteiger partial charge is 0.356 e. The smallest absolute Gasteiger partial charge is 0.223 e. The van der Waals surface area contributed by atoms with Gasteiger partial charge in [0.05, 0.1) is 0 Å². The molecule has 2 N–H and O–H groups in total. The molecule has 0 spiro atoms. The van der Waals surface area contributed by atoms with Crippen LogP contribution in [0.3, 0.4) is 0 Å². The first-order chi connectivity index (χ1) is 9.13. The molecule has 20 heavy (non-hydrogen) atoms. The van der Waals surface area contributed by atoms with E-state index < -0.39 is 0 Å². The minimum atomic E-state index is 0. The lowest BCUT2D eigenvalue weighted by Crippen LogP contribution is -2.28. The number of hydrogen-bond donors (Lipinski definition) is 2. The quantitative estimate of drug-likeness (QED) is 0.782. The third-order valence-corrected chi connectivity index (χ3v) is 3.95. The minimum Gasteiger partial charge on any atom is -0.356 e. The molecule has 112 valence electrons. The number of halogens is 3. The molecule has 0 radical (unpaired) electrons. The van der Waals surface area contributed by atoms with Crippen molar-refractivity contribution in [3.05, 3.63) is 33.8 Å². The van der Waals surface area contributed by atoms with Crippen LogP contribution in [0, 0.1) is 5.92 Å². The second-order valence-electron chi connectivity index (χ2n) is 4.86. The average Bonchev–Trinajstić information content (AvgIpc) is 3.14. The summed E-state index contributed by atoms with van der Waals surface area (Å²) in [6, 6.07) is 5.48. The molecule has 1 fully saturated rings. The van der Waals surface area contributed by atoms with Crippen molar-refractivity contribution < 1.29 is 4.79 Å². The molecule has 1 aliphatic rings. The Balaban J connectivity index is 0.00000200. The molecule has 0 bridgehead atoms. The Kier molecular flexibility index (Phi) is 7.10. The first kappa shape index (κ1) is 17.6. The van der Waals surface area contributed by atoms with E-state index in [0.717, 1.165) is 31.5 Å². The second-order valence-corrected chi connectivity index (χ2v) is 5.71. The zero-order valence-electron chi connectivity index (χ0n) is 11.3. The molecule has 1 aromatic rings. The van der Waals surface area contributed by atoms with E-state index in [2.05, 4.69) is 10.6 Å². The fourth-order valence-corrected chi connectivity index (χ4v) is 2.79. The van der Waals surface area contributed by atoms with Crippen LogP contribution in [0.1, 0.15) is 24.3 Å². The maximum absolute atomic E-state index is 11.9. The lowest BCUT2D eigenvalue weighted by Gasteiger charge is -2.06. The van der Waals surface area contributed by atoms with Crippen LogP contribution in [0.4, 0.5) is 0 Å². The van der Waals surface area contributed by atoms with Gasteiger partial charge in [0.15, 0.2) is 0 Å². The van der Waals surface area contributed by atoms with Crippen molar-refractivity contribution in [3.8, 4) is 0 Å². The highest BCUT2D eigenvalue weighted by molar-refractivity contribution is 6.35. The zero-order chi connectivity index (χ0) is 13.8. The van der Waals surface area contributed by atoms with Gasteiger partial charge < -0.3 is 10.6 Å². The topological polar surface area (TPSA) is 41.1 Å². The molecule has 1 amide bonds. The van der Waals surface area contributed by atoms with E-state index in [1.807, 2.05) is 19.2 Å². The van der Waals surface area contributed by atoms with Crippen molar-refractivity contribution in [2.75, 3.05) is 20.1 Å². The van der Waals surface area contributed by atoms with Gasteiger partial charge in [-0.15, -0.1) is 12.4 Å². The maximum atomic E-state index is 11.9. The zero-order valence-corrected chi connectivity index (χ0v) is 13.6. The highest BCUT2D eigenvalue weighted by atomic mass is 35.5. The average molecular weight is 338 g/mol. The number of benzene rings is 1. The number of carbonyl (C=O) groups is 1. The van der Waals surface area contributed by atoms with Crippen LogP contribution in [0.25, 0.3) is 0 Å². The van der Waals surface area contributed by atoms with Crippen molar-refractivity contribution in [2.24, 2.45) is 5.92 Å². The van der Waals surface area contributed by atoms with E-state index in [1.165, 1.54) is 0 Å². The van der Waals surface area contributed by atoms with E-state index >= 15 is 0 Å². The van der Waals surface area contributed by atoms with E-state index in [0.29, 0.717) is 10.0 Å². The van der Waals surface area contributed by atoms with Gasteiger partial charge in [0.25, 0.3) is 0 Å². The van der Waals surface area contributed by atoms with Crippen LogP contribution >= 0.6 is 35.6 Å². The molecular formula is C14H19Cl3N2O. The molecule has 1 saturated carbocycles. The Morgan fingerprint density at radius 1 is 1.35 bits per heavy atom. The molecule has 0 saturated heterocycles. The summed E-state index contributed by atoms with van der Waals surface area (Å²) < 4.78 is 0. The highest BCUT2D eigenvalue weighted by Crippen LogP contribution is 2.49. The van der Waals surface area contributed by atoms with Gasteiger partial charge in [-0.05, 0) is 50.0 Å². The number of nitrogens with one attached hydrogen (secondary N) is 2. The summed E-state index contributed by atoms with van der Waals surface area (Å²) in [4.78, 5) is 11.9. The molecule has 2 unspecified atom stereocenters. The molecule has 3 nitrogen and oxygen atoms in total. The Labute approximate surface area is 135 Å². The molecule has 1 aromatic carbocycles. The summed E-state index contributed by atoms with van der Waals surface area (Å²) in [6.07, 6.45) is 1.82. The van der Waals surface area contributed by atoms with Crippen molar-refractivity contribution >= 4 is 41.5 Å². The summed E-state index contributed by atoms with van der Waals surface area (Å²) in [6.45, 7) is 1.63. The van der Waals surface area contributed by atoms with Gasteiger partial charge in [0, 0.05) is 22.5 Å². The first-order valence-corrected chi connectivity index (χ1v) is 7.26. The second kappa shape index (κ2) is 8.08. The number of carbonyl (C=O) groups excluding carboxylic acids is 1. The molecule has 0 aliphatic heterocycles. The molecule has 6 heteroatoms. The molecule has 0 aromatic heterocycles. The van der Waals surface area contributed by atoms with Crippen LogP contribution in [0.2, 0.25) is 10.0 Å². The van der Waals surface area contributed by atoms with Crippen molar-refractivity contribution in [3.63, 3.8) is 0 Å². The third-order valence-electron chi connectivity index (χ3n) is 3.39. The number of rotatable bonds is 6. The van der Waals surface area contributed by atoms with Crippen LogP contribution < -0.4 is 10.6 Å². The predicted molar refractivity (Wildman–Crippen MR) is 86.1 cm³/mol. The molecule has 2 atom stereocenters. The van der Waals surface area contributed by atoms with E-state index in [4.69, 9.17) is 23.2 Å². The van der Waals surface area contributed by atoms with Crippen molar-refractivity contribution in [1.82, 2.24) is 10.6 Å². The van der Waals surface area contributed by atoms with Crippen LogP contribution in [-0.4, -0.2) is 26.0 Å². The van der Waals surface area contributed by atoms with E-state index in [1.54, 1.807) is 6.07 Å². The Bertz CT molecular complexity index is 468. The fourth-order valence-electron chi connectivity index (χ4n) is 2.24. The van der Waals surface area contributed by atoms with Crippen LogP contribution in [0.15, 0.2) is 18.2 Å². The Morgan fingerprint density at radius 2 is 2.10 bits per heavy atom.